The van der Waals surface area contributed by atoms with Crippen molar-refractivity contribution in [3.8, 4) is 11.3 Å². The number of hydrogen-bond acceptors (Lipinski definition) is 5. The van der Waals surface area contributed by atoms with Crippen LogP contribution in [0, 0.1) is 0 Å². The van der Waals surface area contributed by atoms with Crippen LogP contribution in [0.4, 0.5) is 0 Å². The Morgan fingerprint density at radius 2 is 1.85 bits per heavy atom. The fraction of sp³-hybridized carbons (Fsp3) is 0.474. The Balaban J connectivity index is 1.82. The zero-order valence-corrected chi connectivity index (χ0v) is 16.4. The average molecular weight is 368 g/mol. The summed E-state index contributed by atoms with van der Waals surface area (Å²) < 4.78 is 16.0. The van der Waals surface area contributed by atoms with Gasteiger partial charge in [0.15, 0.2) is 0 Å². The van der Waals surface area contributed by atoms with Crippen LogP contribution in [0.2, 0.25) is 0 Å². The van der Waals surface area contributed by atoms with E-state index in [1.54, 1.807) is 10.9 Å². The molecular weight excluding hydrogens is 343 g/mol. The van der Waals surface area contributed by atoms with Gasteiger partial charge in [-0.15, -0.1) is 0 Å². The fourth-order valence-electron chi connectivity index (χ4n) is 3.34. The average Bonchev–Trinajstić information content (AvgIpc) is 3.23. The SMILES string of the molecule is Cn1cc(-c2nn(CCO)c3ccc(B4OC(C)(C)C(C)(C)O4)cc23)cn1. The van der Waals surface area contributed by atoms with Gasteiger partial charge in [0.05, 0.1) is 36.1 Å². The van der Waals surface area contributed by atoms with Crippen molar-refractivity contribution in [2.24, 2.45) is 7.05 Å². The standard InChI is InChI=1S/C19H25BN4O3/c1-18(2)19(3,4)27-20(26-18)14-6-7-16-15(10-14)17(22-24(16)8-9-25)13-11-21-23(5)12-13/h6-7,10-12,25H,8-9H2,1-5H3. The zero-order valence-electron chi connectivity index (χ0n) is 16.4. The van der Waals surface area contributed by atoms with Gasteiger partial charge >= 0.3 is 7.12 Å². The van der Waals surface area contributed by atoms with Crippen molar-refractivity contribution in [1.29, 1.82) is 0 Å². The first-order chi connectivity index (χ1) is 12.7. The molecule has 3 heterocycles. The van der Waals surface area contributed by atoms with Crippen molar-refractivity contribution in [2.75, 3.05) is 6.61 Å². The largest absolute Gasteiger partial charge is 0.494 e. The Hall–Kier alpha value is -2.16. The number of rotatable bonds is 4. The molecule has 1 N–H and O–H groups in total. The maximum atomic E-state index is 9.39. The normalized spacial score (nSPS) is 18.5. The number of aliphatic hydroxyl groups is 1. The molecule has 142 valence electrons. The Bertz CT molecular complexity index is 976. The van der Waals surface area contributed by atoms with Crippen LogP contribution in [0.1, 0.15) is 27.7 Å². The molecule has 1 aliphatic rings. The van der Waals surface area contributed by atoms with Crippen LogP contribution in [0.25, 0.3) is 22.2 Å². The molecule has 8 heteroatoms. The van der Waals surface area contributed by atoms with Gasteiger partial charge in [0.2, 0.25) is 0 Å². The maximum Gasteiger partial charge on any atom is 0.494 e. The molecule has 0 spiro atoms. The van der Waals surface area contributed by atoms with Gasteiger partial charge in [-0.2, -0.15) is 10.2 Å². The number of hydrogen-bond donors (Lipinski definition) is 1. The van der Waals surface area contributed by atoms with Gasteiger partial charge in [-0.25, -0.2) is 0 Å². The van der Waals surface area contributed by atoms with E-state index in [0.717, 1.165) is 27.6 Å². The van der Waals surface area contributed by atoms with Crippen molar-refractivity contribution >= 4 is 23.5 Å². The van der Waals surface area contributed by atoms with Crippen molar-refractivity contribution in [3.63, 3.8) is 0 Å². The van der Waals surface area contributed by atoms with Crippen LogP contribution < -0.4 is 5.46 Å². The minimum atomic E-state index is -0.428. The molecule has 0 bridgehead atoms. The second-order valence-corrected chi connectivity index (χ2v) is 8.06. The summed E-state index contributed by atoms with van der Waals surface area (Å²) in [6.45, 7) is 8.66. The minimum absolute atomic E-state index is 0.0300. The molecule has 1 fully saturated rings. The van der Waals surface area contributed by atoms with Crippen LogP contribution >= 0.6 is 0 Å². The molecule has 27 heavy (non-hydrogen) atoms. The lowest BCUT2D eigenvalue weighted by molar-refractivity contribution is 0.00578. The molecule has 1 saturated heterocycles. The van der Waals surface area contributed by atoms with Gasteiger partial charge in [0, 0.05) is 24.2 Å². The Morgan fingerprint density at radius 3 is 2.44 bits per heavy atom. The fourth-order valence-corrected chi connectivity index (χ4v) is 3.34. The number of fused-ring (bicyclic) bond motifs is 1. The molecule has 0 unspecified atom stereocenters. The lowest BCUT2D eigenvalue weighted by Gasteiger charge is -2.32. The summed E-state index contributed by atoms with van der Waals surface area (Å²) in [6.07, 6.45) is 3.74. The van der Waals surface area contributed by atoms with E-state index in [1.165, 1.54) is 0 Å². The summed E-state index contributed by atoms with van der Waals surface area (Å²) in [5, 5.41) is 19.3. The molecule has 0 aliphatic carbocycles. The molecule has 1 aromatic carbocycles. The quantitative estimate of drug-likeness (QED) is 0.710. The van der Waals surface area contributed by atoms with Crippen molar-refractivity contribution in [3.05, 3.63) is 30.6 Å². The summed E-state index contributed by atoms with van der Waals surface area (Å²) in [5.74, 6) is 0. The van der Waals surface area contributed by atoms with E-state index < -0.39 is 7.12 Å². The highest BCUT2D eigenvalue weighted by Gasteiger charge is 2.51. The summed E-state index contributed by atoms with van der Waals surface area (Å²) in [5.41, 5.74) is 2.91. The van der Waals surface area contributed by atoms with Gasteiger partial charge in [-0.3, -0.25) is 9.36 Å². The lowest BCUT2D eigenvalue weighted by Crippen LogP contribution is -2.41. The first-order valence-corrected chi connectivity index (χ1v) is 9.18. The number of aliphatic hydroxyl groups excluding tert-OH is 1. The predicted molar refractivity (Wildman–Crippen MR) is 105 cm³/mol. The van der Waals surface area contributed by atoms with E-state index in [1.807, 2.05) is 57.8 Å². The third-order valence-corrected chi connectivity index (χ3v) is 5.59. The Labute approximate surface area is 159 Å². The van der Waals surface area contributed by atoms with E-state index in [4.69, 9.17) is 14.4 Å². The zero-order chi connectivity index (χ0) is 19.4. The van der Waals surface area contributed by atoms with Gasteiger partial charge in [-0.1, -0.05) is 12.1 Å². The van der Waals surface area contributed by atoms with Gasteiger partial charge < -0.3 is 14.4 Å². The van der Waals surface area contributed by atoms with Crippen LogP contribution in [-0.2, 0) is 22.9 Å². The Morgan fingerprint density at radius 1 is 1.15 bits per heavy atom. The number of aromatic nitrogens is 4. The van der Waals surface area contributed by atoms with Crippen LogP contribution in [0.3, 0.4) is 0 Å². The minimum Gasteiger partial charge on any atom is -0.399 e. The number of aryl methyl sites for hydroxylation is 1. The van der Waals surface area contributed by atoms with Gasteiger partial charge in [-0.05, 0) is 39.2 Å². The second-order valence-electron chi connectivity index (χ2n) is 8.06. The molecule has 4 rings (SSSR count). The monoisotopic (exact) mass is 368 g/mol. The molecule has 7 nitrogen and oxygen atoms in total. The molecule has 0 radical (unpaired) electrons. The predicted octanol–water partition coefficient (Wildman–Crippen LogP) is 1.73. The van der Waals surface area contributed by atoms with Crippen LogP contribution in [0.15, 0.2) is 30.6 Å². The second kappa shape index (κ2) is 6.19. The van der Waals surface area contributed by atoms with Gasteiger partial charge in [0.25, 0.3) is 0 Å². The third-order valence-electron chi connectivity index (χ3n) is 5.59. The topological polar surface area (TPSA) is 74.3 Å². The highest BCUT2D eigenvalue weighted by Crippen LogP contribution is 2.37. The van der Waals surface area contributed by atoms with Crippen molar-refractivity contribution in [2.45, 2.75) is 45.4 Å². The number of nitrogens with zero attached hydrogens (tertiary/aromatic N) is 4. The molecular formula is C19H25BN4O3. The van der Waals surface area contributed by atoms with Gasteiger partial charge in [0.1, 0.15) is 5.69 Å². The molecule has 2 aromatic heterocycles. The first kappa shape index (κ1) is 18.2. The summed E-state index contributed by atoms with van der Waals surface area (Å²) in [7, 11) is 1.45. The molecule has 3 aromatic rings. The molecule has 0 atom stereocenters. The molecule has 0 amide bonds. The van der Waals surface area contributed by atoms with Crippen molar-refractivity contribution in [1.82, 2.24) is 19.6 Å². The Kier molecular flexibility index (Phi) is 4.18. The highest BCUT2D eigenvalue weighted by atomic mass is 16.7. The highest BCUT2D eigenvalue weighted by molar-refractivity contribution is 6.62. The smallest absolute Gasteiger partial charge is 0.399 e. The molecule has 0 saturated carbocycles. The number of benzene rings is 1. The van der Waals surface area contributed by atoms with E-state index in [0.29, 0.717) is 6.54 Å². The van der Waals surface area contributed by atoms with E-state index in [-0.39, 0.29) is 17.8 Å². The van der Waals surface area contributed by atoms with E-state index in [2.05, 4.69) is 11.2 Å². The van der Waals surface area contributed by atoms with Crippen LogP contribution in [-0.4, -0.2) is 49.6 Å². The molecule has 1 aliphatic heterocycles. The van der Waals surface area contributed by atoms with Crippen molar-refractivity contribution < 1.29 is 14.4 Å². The third kappa shape index (κ3) is 2.98. The summed E-state index contributed by atoms with van der Waals surface area (Å²) in [6, 6.07) is 6.09. The summed E-state index contributed by atoms with van der Waals surface area (Å²) in [4.78, 5) is 0. The van der Waals surface area contributed by atoms with Crippen LogP contribution in [0.5, 0.6) is 0 Å². The first-order valence-electron chi connectivity index (χ1n) is 9.18. The van der Waals surface area contributed by atoms with E-state index in [9.17, 15) is 5.11 Å². The lowest BCUT2D eigenvalue weighted by atomic mass is 9.78. The van der Waals surface area contributed by atoms with E-state index >= 15 is 0 Å². The maximum absolute atomic E-state index is 9.39. The summed E-state index contributed by atoms with van der Waals surface area (Å²) >= 11 is 0.